The molecule has 0 radical (unpaired) electrons. The molecule has 6 nitrogen and oxygen atoms in total. The Morgan fingerprint density at radius 3 is 2.60 bits per heavy atom. The van der Waals surface area contributed by atoms with Crippen molar-refractivity contribution >= 4 is 11.7 Å². The molecule has 3 rings (SSSR count). The van der Waals surface area contributed by atoms with Crippen LogP contribution in [0, 0.1) is 5.82 Å². The van der Waals surface area contributed by atoms with Gasteiger partial charge in [-0.15, -0.1) is 0 Å². The van der Waals surface area contributed by atoms with Crippen LogP contribution in [0.25, 0.3) is 0 Å². The number of halogens is 1. The van der Waals surface area contributed by atoms with Crippen molar-refractivity contribution < 1.29 is 19.1 Å². The summed E-state index contributed by atoms with van der Waals surface area (Å²) >= 11 is 0. The summed E-state index contributed by atoms with van der Waals surface area (Å²) in [6, 6.07) is 5.17. The molecule has 0 aromatic heterocycles. The molecule has 1 saturated heterocycles. The minimum absolute atomic E-state index is 0.0320. The fourth-order valence-electron chi connectivity index (χ4n) is 3.45. The number of aliphatic hydroxyl groups excluding tert-OH is 1. The van der Waals surface area contributed by atoms with E-state index in [1.54, 1.807) is 18.2 Å². The summed E-state index contributed by atoms with van der Waals surface area (Å²) in [4.78, 5) is 28.1. The van der Waals surface area contributed by atoms with Gasteiger partial charge in [-0.25, -0.2) is 4.39 Å². The Morgan fingerprint density at radius 1 is 1.28 bits per heavy atom. The Hall–Kier alpha value is -2.25. The van der Waals surface area contributed by atoms with Gasteiger partial charge in [0.25, 0.3) is 5.91 Å². The van der Waals surface area contributed by atoms with Crippen molar-refractivity contribution in [1.82, 2.24) is 15.1 Å². The number of Topliss-reactive ketones (excluding diaryl/α,β-unsaturated/α-hetero) is 1. The van der Waals surface area contributed by atoms with Gasteiger partial charge in [-0.2, -0.15) is 0 Å². The predicted molar refractivity (Wildman–Crippen MR) is 90.5 cm³/mol. The molecule has 0 aliphatic carbocycles. The second-order valence-electron chi connectivity index (χ2n) is 6.33. The van der Waals surface area contributed by atoms with Crippen molar-refractivity contribution in [2.24, 2.45) is 0 Å². The van der Waals surface area contributed by atoms with E-state index in [1.165, 1.54) is 17.9 Å². The topological polar surface area (TPSA) is 72.9 Å². The molecule has 1 unspecified atom stereocenters. The van der Waals surface area contributed by atoms with E-state index in [4.69, 9.17) is 0 Å². The summed E-state index contributed by atoms with van der Waals surface area (Å²) in [7, 11) is 0. The lowest BCUT2D eigenvalue weighted by Crippen LogP contribution is -2.47. The number of ketones is 1. The van der Waals surface area contributed by atoms with Gasteiger partial charge >= 0.3 is 0 Å². The van der Waals surface area contributed by atoms with E-state index in [9.17, 15) is 19.1 Å². The van der Waals surface area contributed by atoms with E-state index in [0.29, 0.717) is 13.1 Å². The van der Waals surface area contributed by atoms with Crippen molar-refractivity contribution in [3.63, 3.8) is 0 Å². The molecule has 2 aliphatic heterocycles. The zero-order valence-electron chi connectivity index (χ0n) is 14.2. The Morgan fingerprint density at radius 2 is 1.96 bits per heavy atom. The van der Waals surface area contributed by atoms with E-state index >= 15 is 0 Å². The number of benzene rings is 1. The molecule has 25 heavy (non-hydrogen) atoms. The highest BCUT2D eigenvalue weighted by atomic mass is 19.1. The van der Waals surface area contributed by atoms with Gasteiger partial charge < -0.3 is 15.3 Å². The van der Waals surface area contributed by atoms with Crippen molar-refractivity contribution in [3.8, 4) is 0 Å². The number of nitrogens with one attached hydrogen (secondary N) is 1. The zero-order chi connectivity index (χ0) is 18.0. The fraction of sp³-hybridized carbons (Fsp3) is 0.444. The molecule has 2 heterocycles. The van der Waals surface area contributed by atoms with E-state index in [2.05, 4.69) is 10.2 Å². The lowest BCUT2D eigenvalue weighted by Gasteiger charge is -2.32. The standard InChI is InChI=1S/C18H22FN3O3/c1-12(23)15-16(13-4-2-3-5-14(13)19)22(18(25)17(15)24)11-10-21-8-6-20-7-9-21/h2-5,16,20,24H,6-11H2,1H3. The van der Waals surface area contributed by atoms with Crippen LogP contribution in [0.4, 0.5) is 4.39 Å². The number of amides is 1. The van der Waals surface area contributed by atoms with Crippen LogP contribution in [0.15, 0.2) is 35.6 Å². The summed E-state index contributed by atoms with van der Waals surface area (Å²) in [6.07, 6.45) is 0. The highest BCUT2D eigenvalue weighted by Gasteiger charge is 2.43. The monoisotopic (exact) mass is 347 g/mol. The molecule has 134 valence electrons. The normalized spacial score (nSPS) is 21.9. The van der Waals surface area contributed by atoms with Crippen LogP contribution < -0.4 is 5.32 Å². The maximum absolute atomic E-state index is 14.3. The summed E-state index contributed by atoms with van der Waals surface area (Å²) in [5.41, 5.74) is 0.195. The number of aliphatic hydroxyl groups is 1. The Labute approximate surface area is 145 Å². The molecule has 1 aromatic carbocycles. The highest BCUT2D eigenvalue weighted by Crippen LogP contribution is 2.38. The average molecular weight is 347 g/mol. The zero-order valence-corrected chi connectivity index (χ0v) is 14.2. The summed E-state index contributed by atoms with van der Waals surface area (Å²) < 4.78 is 14.3. The third-order valence-corrected chi connectivity index (χ3v) is 4.75. The first-order valence-corrected chi connectivity index (χ1v) is 8.43. The SMILES string of the molecule is CC(=O)C1=C(O)C(=O)N(CCN2CCNCC2)C1c1ccccc1F. The second kappa shape index (κ2) is 7.33. The molecule has 7 heteroatoms. The third kappa shape index (κ3) is 3.43. The van der Waals surface area contributed by atoms with E-state index in [0.717, 1.165) is 26.2 Å². The van der Waals surface area contributed by atoms with Crippen LogP contribution in [0.1, 0.15) is 18.5 Å². The number of piperazine rings is 1. The van der Waals surface area contributed by atoms with Gasteiger partial charge in [0.05, 0.1) is 11.6 Å². The molecular weight excluding hydrogens is 325 g/mol. The maximum Gasteiger partial charge on any atom is 0.290 e. The number of rotatable bonds is 5. The number of nitrogens with zero attached hydrogens (tertiary/aromatic N) is 2. The summed E-state index contributed by atoms with van der Waals surface area (Å²) in [5.74, 6) is -2.11. The van der Waals surface area contributed by atoms with Gasteiger partial charge in [0.15, 0.2) is 11.5 Å². The lowest BCUT2D eigenvalue weighted by atomic mass is 9.96. The predicted octanol–water partition coefficient (Wildman–Crippen LogP) is 1.02. The van der Waals surface area contributed by atoms with Crippen molar-refractivity contribution in [3.05, 3.63) is 47.0 Å². The van der Waals surface area contributed by atoms with Crippen LogP contribution >= 0.6 is 0 Å². The molecule has 0 bridgehead atoms. The number of hydrogen-bond donors (Lipinski definition) is 2. The van der Waals surface area contributed by atoms with Crippen LogP contribution in [-0.4, -0.2) is 65.9 Å². The molecule has 0 saturated carbocycles. The first-order valence-electron chi connectivity index (χ1n) is 8.43. The number of hydrogen-bond acceptors (Lipinski definition) is 5. The lowest BCUT2D eigenvalue weighted by molar-refractivity contribution is -0.129. The molecule has 0 spiro atoms. The molecule has 2 N–H and O–H groups in total. The first kappa shape index (κ1) is 17.6. The average Bonchev–Trinajstić information content (AvgIpc) is 2.85. The molecular formula is C18H22FN3O3. The Balaban J connectivity index is 1.88. The minimum Gasteiger partial charge on any atom is -0.503 e. The fourth-order valence-corrected chi connectivity index (χ4v) is 3.45. The van der Waals surface area contributed by atoms with Crippen molar-refractivity contribution in [2.75, 3.05) is 39.3 Å². The molecule has 1 fully saturated rings. The van der Waals surface area contributed by atoms with Gasteiger partial charge in [0.1, 0.15) is 5.82 Å². The van der Waals surface area contributed by atoms with Crippen LogP contribution in [0.3, 0.4) is 0 Å². The van der Waals surface area contributed by atoms with Crippen LogP contribution in [-0.2, 0) is 9.59 Å². The summed E-state index contributed by atoms with van der Waals surface area (Å²) in [6.45, 7) is 5.71. The second-order valence-corrected chi connectivity index (χ2v) is 6.33. The first-order chi connectivity index (χ1) is 12.0. The number of carbonyl (C=O) groups is 2. The molecule has 1 aromatic rings. The Bertz CT molecular complexity index is 713. The highest BCUT2D eigenvalue weighted by molar-refractivity contribution is 6.08. The third-order valence-electron chi connectivity index (χ3n) is 4.75. The Kier molecular flexibility index (Phi) is 5.15. The van der Waals surface area contributed by atoms with E-state index in [-0.39, 0.29) is 11.1 Å². The van der Waals surface area contributed by atoms with Crippen LogP contribution in [0.5, 0.6) is 0 Å². The number of carbonyl (C=O) groups excluding carboxylic acids is 2. The summed E-state index contributed by atoms with van der Waals surface area (Å²) in [5, 5.41) is 13.4. The molecule has 1 atom stereocenters. The largest absolute Gasteiger partial charge is 0.503 e. The minimum atomic E-state index is -0.880. The van der Waals surface area contributed by atoms with Gasteiger partial charge in [0, 0.05) is 44.8 Å². The smallest absolute Gasteiger partial charge is 0.290 e. The molecule has 1 amide bonds. The van der Waals surface area contributed by atoms with E-state index in [1.807, 2.05) is 0 Å². The van der Waals surface area contributed by atoms with Gasteiger partial charge in [-0.05, 0) is 13.0 Å². The van der Waals surface area contributed by atoms with Crippen LogP contribution in [0.2, 0.25) is 0 Å². The van der Waals surface area contributed by atoms with E-state index < -0.39 is 29.3 Å². The van der Waals surface area contributed by atoms with Gasteiger partial charge in [-0.3, -0.25) is 14.5 Å². The molecule has 2 aliphatic rings. The quantitative estimate of drug-likeness (QED) is 0.832. The van der Waals surface area contributed by atoms with Crippen molar-refractivity contribution in [1.29, 1.82) is 0 Å². The van der Waals surface area contributed by atoms with Gasteiger partial charge in [-0.1, -0.05) is 18.2 Å². The maximum atomic E-state index is 14.3. The van der Waals surface area contributed by atoms with Gasteiger partial charge in [0.2, 0.25) is 0 Å². The van der Waals surface area contributed by atoms with Crippen molar-refractivity contribution in [2.45, 2.75) is 13.0 Å².